The van der Waals surface area contributed by atoms with E-state index in [9.17, 15) is 19.5 Å². The first kappa shape index (κ1) is 36.2. The summed E-state index contributed by atoms with van der Waals surface area (Å²) in [5.41, 5.74) is 3.44. The van der Waals surface area contributed by atoms with Crippen LogP contribution in [0.4, 0.5) is 16.2 Å². The topological polar surface area (TPSA) is 114 Å². The number of hydrogen-bond acceptors (Lipinski definition) is 5. The van der Waals surface area contributed by atoms with Crippen LogP contribution < -0.4 is 25.8 Å². The number of carbonyl (C=O) groups is 3. The van der Waals surface area contributed by atoms with Crippen LogP contribution in [-0.4, -0.2) is 92.4 Å². The first-order valence-corrected chi connectivity index (χ1v) is 18.1. The molecule has 0 spiro atoms. The molecule has 48 heavy (non-hydrogen) atoms. The maximum absolute atomic E-state index is 13.9. The molecule has 0 unspecified atom stereocenters. The van der Waals surface area contributed by atoms with Gasteiger partial charge in [-0.3, -0.25) is 10.1 Å². The molecule has 1 heterocycles. The molecule has 2 aromatic carbocycles. The number of amides is 3. The summed E-state index contributed by atoms with van der Waals surface area (Å²) in [6.45, 7) is 3.07. The third-order valence-electron chi connectivity index (χ3n) is 9.84. The molecule has 12 heteroatoms. The van der Waals surface area contributed by atoms with Crippen LogP contribution in [0.2, 0.25) is 10.0 Å². The molecule has 2 saturated carbocycles. The zero-order valence-electron chi connectivity index (χ0n) is 28.5. The quantitative estimate of drug-likeness (QED) is 0.127. The van der Waals surface area contributed by atoms with Crippen molar-refractivity contribution in [2.75, 3.05) is 57.1 Å². The number of urea groups is 1. The minimum absolute atomic E-state index is 0.135. The van der Waals surface area contributed by atoms with Crippen LogP contribution in [0.1, 0.15) is 68.9 Å². The molecule has 4 N–H and O–H groups in total. The maximum atomic E-state index is 13.9. The Hall–Kier alpha value is -3.05. The van der Waals surface area contributed by atoms with Gasteiger partial charge in [-0.25, -0.2) is 9.59 Å². The predicted octanol–water partition coefficient (Wildman–Crippen LogP) is 5.58. The summed E-state index contributed by atoms with van der Waals surface area (Å²) in [5.74, 6) is -0.657. The normalized spacial score (nSPS) is 17.4. The van der Waals surface area contributed by atoms with E-state index in [0.717, 1.165) is 74.0 Å². The number of halogens is 2. The van der Waals surface area contributed by atoms with Crippen molar-refractivity contribution < 1.29 is 24.0 Å². The van der Waals surface area contributed by atoms with E-state index in [4.69, 9.17) is 23.2 Å². The maximum Gasteiger partial charge on any atom is 0.362 e. The van der Waals surface area contributed by atoms with Crippen molar-refractivity contribution in [1.82, 2.24) is 16.0 Å². The third kappa shape index (κ3) is 9.14. The Morgan fingerprint density at radius 1 is 0.917 bits per heavy atom. The van der Waals surface area contributed by atoms with Crippen molar-refractivity contribution >= 4 is 52.5 Å². The molecule has 262 valence electrons. The number of fused-ring (bicyclic) bond motifs is 1. The second-order valence-corrected chi connectivity index (χ2v) is 15.3. The van der Waals surface area contributed by atoms with Crippen LogP contribution in [0.15, 0.2) is 36.4 Å². The highest BCUT2D eigenvalue weighted by Crippen LogP contribution is 2.44. The SMILES string of the molecule is C[N+](C)(C)[C@H](CCCCNC(=O)NCCCCc1cc(Cl)c(CNC2(C(=O)N3CCN(C4CC4)c4ccccc43)CC2)cc1Cl)C(=O)O. The molecule has 5 rings (SSSR count). The Morgan fingerprint density at radius 3 is 2.17 bits per heavy atom. The number of likely N-dealkylation sites (N-methyl/N-ethyl adjacent to an activating group) is 1. The van der Waals surface area contributed by atoms with Gasteiger partial charge in [-0.05, 0) is 93.2 Å². The van der Waals surface area contributed by atoms with Crippen molar-refractivity contribution in [3.8, 4) is 0 Å². The van der Waals surface area contributed by atoms with Gasteiger partial charge >= 0.3 is 12.0 Å². The molecule has 0 aromatic heterocycles. The van der Waals surface area contributed by atoms with Crippen LogP contribution in [0.5, 0.6) is 0 Å². The molecule has 3 amide bonds. The van der Waals surface area contributed by atoms with Gasteiger partial charge in [0.1, 0.15) is 0 Å². The van der Waals surface area contributed by atoms with Crippen LogP contribution in [0.25, 0.3) is 0 Å². The molecule has 3 aliphatic rings. The molecule has 2 aromatic rings. The Bertz CT molecular complexity index is 1470. The first-order chi connectivity index (χ1) is 22.9. The Morgan fingerprint density at radius 2 is 1.54 bits per heavy atom. The van der Waals surface area contributed by atoms with Gasteiger partial charge < -0.3 is 30.0 Å². The van der Waals surface area contributed by atoms with Crippen molar-refractivity contribution in [2.45, 2.75) is 88.4 Å². The van der Waals surface area contributed by atoms with Crippen LogP contribution in [0, 0.1) is 0 Å². The molecule has 2 aliphatic carbocycles. The number of quaternary nitrogens is 1. The number of carbonyl (C=O) groups excluding carboxylic acids is 2. The van der Waals surface area contributed by atoms with Crippen LogP contribution >= 0.6 is 23.2 Å². The van der Waals surface area contributed by atoms with Crippen LogP contribution in [-0.2, 0) is 22.6 Å². The second kappa shape index (κ2) is 15.7. The van der Waals surface area contributed by atoms with Crippen molar-refractivity contribution in [1.29, 1.82) is 0 Å². The summed E-state index contributed by atoms with van der Waals surface area (Å²) in [6.07, 6.45) is 8.45. The van der Waals surface area contributed by atoms with E-state index in [-0.39, 0.29) is 11.9 Å². The minimum Gasteiger partial charge on any atom is -0.477 e. The van der Waals surface area contributed by atoms with Gasteiger partial charge in [0.15, 0.2) is 6.04 Å². The lowest BCUT2D eigenvalue weighted by Crippen LogP contribution is -2.53. The fourth-order valence-electron chi connectivity index (χ4n) is 6.64. The summed E-state index contributed by atoms with van der Waals surface area (Å²) in [4.78, 5) is 41.9. The average Bonchev–Trinajstić information content (AvgIpc) is 3.98. The van der Waals surface area contributed by atoms with Gasteiger partial charge in [0, 0.05) is 55.2 Å². The third-order valence-corrected chi connectivity index (χ3v) is 10.5. The van der Waals surface area contributed by atoms with Gasteiger partial charge in [0.2, 0.25) is 5.91 Å². The number of carboxylic acids is 1. The Balaban J connectivity index is 1.02. The number of anilines is 2. The number of aryl methyl sites for hydroxylation is 1. The fraction of sp³-hybridized carbons (Fsp3) is 0.583. The summed E-state index contributed by atoms with van der Waals surface area (Å²) in [5, 5.41) is 20.0. The van der Waals surface area contributed by atoms with Crippen molar-refractivity contribution in [3.63, 3.8) is 0 Å². The number of aliphatic carboxylic acids is 1. The predicted molar refractivity (Wildman–Crippen MR) is 192 cm³/mol. The molecular formula is C36H51Cl2N6O4+. The summed E-state index contributed by atoms with van der Waals surface area (Å²) in [7, 11) is 5.64. The molecule has 0 radical (unpaired) electrons. The highest BCUT2D eigenvalue weighted by atomic mass is 35.5. The second-order valence-electron chi connectivity index (χ2n) is 14.4. The van der Waals surface area contributed by atoms with E-state index < -0.39 is 17.6 Å². The number of rotatable bonds is 17. The van der Waals surface area contributed by atoms with Gasteiger partial charge in [0.25, 0.3) is 0 Å². The summed E-state index contributed by atoms with van der Waals surface area (Å²) < 4.78 is 0.374. The zero-order valence-corrected chi connectivity index (χ0v) is 30.0. The molecule has 1 aliphatic heterocycles. The molecule has 10 nitrogen and oxygen atoms in total. The van der Waals surface area contributed by atoms with Gasteiger partial charge in [-0.1, -0.05) is 35.3 Å². The van der Waals surface area contributed by atoms with Crippen LogP contribution in [0.3, 0.4) is 0 Å². The van der Waals surface area contributed by atoms with E-state index in [1.807, 2.05) is 44.2 Å². The van der Waals surface area contributed by atoms with E-state index in [0.29, 0.717) is 53.2 Å². The Kier molecular flexibility index (Phi) is 11.8. The number of nitrogens with one attached hydrogen (secondary N) is 3. The number of unbranched alkanes of at least 4 members (excludes halogenated alkanes) is 2. The highest BCUT2D eigenvalue weighted by Gasteiger charge is 2.52. The van der Waals surface area contributed by atoms with E-state index >= 15 is 0 Å². The Labute approximate surface area is 294 Å². The summed E-state index contributed by atoms with van der Waals surface area (Å²) in [6, 6.07) is 12.0. The molecule has 0 saturated heterocycles. The largest absolute Gasteiger partial charge is 0.477 e. The smallest absolute Gasteiger partial charge is 0.362 e. The van der Waals surface area contributed by atoms with E-state index in [1.54, 1.807) is 0 Å². The fourth-order valence-corrected chi connectivity index (χ4v) is 7.18. The average molecular weight is 703 g/mol. The first-order valence-electron chi connectivity index (χ1n) is 17.3. The minimum atomic E-state index is -0.792. The lowest BCUT2D eigenvalue weighted by Gasteiger charge is -2.39. The number of hydrogen-bond donors (Lipinski definition) is 4. The lowest BCUT2D eigenvalue weighted by molar-refractivity contribution is -0.887. The zero-order chi connectivity index (χ0) is 34.5. The number of carboxylic acid groups (broad SMARTS) is 1. The molecule has 1 atom stereocenters. The van der Waals surface area contributed by atoms with E-state index in [1.165, 1.54) is 12.8 Å². The standard InChI is InChI=1S/C36H50Cl2N6O4/c1-44(2,3)32(33(45)46)13-7-9-19-40-35(48)39-18-8-6-10-25-22-29(38)26(23-28(25)37)24-41-36(16-17-36)34(47)43-21-20-42(27-14-15-27)30-11-4-5-12-31(30)43/h4-5,11-12,22-23,27,32,41H,6-10,13-21,24H2,1-3H3,(H2-,39,40,45,46,48)/p+1/t32-/m1/s1. The summed E-state index contributed by atoms with van der Waals surface area (Å²) >= 11 is 13.4. The molecule has 0 bridgehead atoms. The molecular weight excluding hydrogens is 651 g/mol. The van der Waals surface area contributed by atoms with E-state index in [2.05, 4.69) is 39.0 Å². The lowest BCUT2D eigenvalue weighted by atomic mass is 10.0. The number of para-hydroxylation sites is 2. The van der Waals surface area contributed by atoms with Gasteiger partial charge in [0.05, 0.1) is 38.1 Å². The van der Waals surface area contributed by atoms with Crippen molar-refractivity contribution in [3.05, 3.63) is 57.6 Å². The van der Waals surface area contributed by atoms with Gasteiger partial charge in [-0.2, -0.15) is 0 Å². The number of benzene rings is 2. The van der Waals surface area contributed by atoms with Gasteiger partial charge in [-0.15, -0.1) is 0 Å². The highest BCUT2D eigenvalue weighted by molar-refractivity contribution is 6.34. The number of nitrogens with zero attached hydrogens (tertiary/aromatic N) is 3. The van der Waals surface area contributed by atoms with Crippen molar-refractivity contribution in [2.24, 2.45) is 0 Å². The monoisotopic (exact) mass is 701 g/mol. The molecule has 2 fully saturated rings.